The van der Waals surface area contributed by atoms with E-state index >= 15 is 0 Å². The molecule has 0 radical (unpaired) electrons. The molecule has 0 bridgehead atoms. The van der Waals surface area contributed by atoms with E-state index in [1.807, 2.05) is 38.1 Å². The molecule has 2 aromatic rings. The summed E-state index contributed by atoms with van der Waals surface area (Å²) in [5.41, 5.74) is 3.04. The standard InChI is InChI=1S/C19H27N3O2/c1-5-7-8-15(6-2)18(23)20-16-9-11-17(12-10-16)22-19(24)13(3)14(4)21-22/h9-12,15,21H,5-8H2,1-4H3,(H,20,23). The van der Waals surface area contributed by atoms with Crippen molar-refractivity contribution < 1.29 is 4.79 Å². The maximum atomic E-state index is 12.3. The Balaban J connectivity index is 2.10. The van der Waals surface area contributed by atoms with Crippen LogP contribution in [0.4, 0.5) is 5.69 Å². The highest BCUT2D eigenvalue weighted by Crippen LogP contribution is 2.17. The minimum atomic E-state index is -0.0464. The lowest BCUT2D eigenvalue weighted by Crippen LogP contribution is -2.22. The SMILES string of the molecule is CCCCC(CC)C(=O)Nc1ccc(-n2[nH]c(C)c(C)c2=O)cc1. The second-order valence-corrected chi connectivity index (χ2v) is 6.29. The number of hydrogen-bond donors (Lipinski definition) is 2. The van der Waals surface area contributed by atoms with Crippen LogP contribution in [0.1, 0.15) is 50.8 Å². The summed E-state index contributed by atoms with van der Waals surface area (Å²) in [5.74, 6) is 0.128. The second kappa shape index (κ2) is 7.99. The quantitative estimate of drug-likeness (QED) is 0.808. The number of rotatable bonds is 7. The summed E-state index contributed by atoms with van der Waals surface area (Å²) in [6, 6.07) is 7.33. The van der Waals surface area contributed by atoms with Crippen molar-refractivity contribution >= 4 is 11.6 Å². The number of aromatic nitrogens is 2. The van der Waals surface area contributed by atoms with Gasteiger partial charge in [-0.3, -0.25) is 14.7 Å². The van der Waals surface area contributed by atoms with Crippen molar-refractivity contribution in [1.82, 2.24) is 9.78 Å². The Morgan fingerprint density at radius 1 is 1.21 bits per heavy atom. The smallest absolute Gasteiger partial charge is 0.274 e. The third kappa shape index (κ3) is 3.96. The number of amides is 1. The average Bonchev–Trinajstić information content (AvgIpc) is 2.84. The van der Waals surface area contributed by atoms with Crippen molar-refractivity contribution in [2.75, 3.05) is 5.32 Å². The van der Waals surface area contributed by atoms with E-state index < -0.39 is 0 Å². The largest absolute Gasteiger partial charge is 0.326 e. The summed E-state index contributed by atoms with van der Waals surface area (Å²) in [5, 5.41) is 6.03. The first-order valence-corrected chi connectivity index (χ1v) is 8.67. The van der Waals surface area contributed by atoms with Gasteiger partial charge in [-0.15, -0.1) is 0 Å². The Hall–Kier alpha value is -2.30. The number of anilines is 1. The van der Waals surface area contributed by atoms with Gasteiger partial charge < -0.3 is 5.32 Å². The highest BCUT2D eigenvalue weighted by atomic mass is 16.2. The van der Waals surface area contributed by atoms with Gasteiger partial charge in [-0.1, -0.05) is 26.7 Å². The molecular formula is C19H27N3O2. The summed E-state index contributed by atoms with van der Waals surface area (Å²) < 4.78 is 1.52. The number of H-pyrrole nitrogens is 1. The van der Waals surface area contributed by atoms with Gasteiger partial charge >= 0.3 is 0 Å². The number of aryl methyl sites for hydroxylation is 1. The molecule has 0 saturated carbocycles. The summed E-state index contributed by atoms with van der Waals surface area (Å²) in [6.45, 7) is 7.87. The van der Waals surface area contributed by atoms with E-state index in [2.05, 4.69) is 17.3 Å². The first-order chi connectivity index (χ1) is 11.5. The van der Waals surface area contributed by atoms with E-state index in [0.717, 1.165) is 42.8 Å². The van der Waals surface area contributed by atoms with Gasteiger partial charge in [-0.25, -0.2) is 4.68 Å². The first-order valence-electron chi connectivity index (χ1n) is 8.67. The van der Waals surface area contributed by atoms with Crippen molar-refractivity contribution in [3.05, 3.63) is 45.9 Å². The summed E-state index contributed by atoms with van der Waals surface area (Å²) in [4.78, 5) is 24.5. The van der Waals surface area contributed by atoms with E-state index in [9.17, 15) is 9.59 Å². The van der Waals surface area contributed by atoms with E-state index in [0.29, 0.717) is 5.56 Å². The molecule has 0 spiro atoms. The van der Waals surface area contributed by atoms with Crippen molar-refractivity contribution in [3.8, 4) is 5.69 Å². The van der Waals surface area contributed by atoms with E-state index in [1.54, 1.807) is 6.92 Å². The van der Waals surface area contributed by atoms with Gasteiger partial charge in [0, 0.05) is 22.9 Å². The van der Waals surface area contributed by atoms with Crippen LogP contribution in [-0.4, -0.2) is 15.7 Å². The number of hydrogen-bond acceptors (Lipinski definition) is 2. The first kappa shape index (κ1) is 18.0. The topological polar surface area (TPSA) is 66.9 Å². The average molecular weight is 329 g/mol. The van der Waals surface area contributed by atoms with Gasteiger partial charge in [0.15, 0.2) is 0 Å². The Morgan fingerprint density at radius 2 is 1.88 bits per heavy atom. The number of carbonyl (C=O) groups excluding carboxylic acids is 1. The van der Waals surface area contributed by atoms with Crippen molar-refractivity contribution in [2.24, 2.45) is 5.92 Å². The number of unbranched alkanes of at least 4 members (excludes halogenated alkanes) is 1. The molecule has 0 saturated heterocycles. The number of nitrogens with zero attached hydrogens (tertiary/aromatic N) is 1. The van der Waals surface area contributed by atoms with E-state index in [1.165, 1.54) is 4.68 Å². The van der Waals surface area contributed by atoms with Gasteiger partial charge in [-0.2, -0.15) is 0 Å². The summed E-state index contributed by atoms with van der Waals surface area (Å²) in [6.07, 6.45) is 3.94. The molecule has 1 unspecified atom stereocenters. The van der Waals surface area contributed by atoms with Crippen LogP contribution in [0.25, 0.3) is 5.69 Å². The Bertz CT molecular complexity index is 741. The molecule has 2 N–H and O–H groups in total. The van der Waals surface area contributed by atoms with Crippen LogP contribution in [0.3, 0.4) is 0 Å². The molecule has 1 aromatic carbocycles. The lowest BCUT2D eigenvalue weighted by molar-refractivity contribution is -0.120. The van der Waals surface area contributed by atoms with Crippen LogP contribution in [-0.2, 0) is 4.79 Å². The minimum absolute atomic E-state index is 0.0464. The normalized spacial score (nSPS) is 12.2. The van der Waals surface area contributed by atoms with Gasteiger partial charge in [-0.05, 0) is 51.0 Å². The Labute approximate surface area is 143 Å². The highest BCUT2D eigenvalue weighted by molar-refractivity contribution is 5.92. The van der Waals surface area contributed by atoms with Crippen LogP contribution in [0, 0.1) is 19.8 Å². The number of aromatic amines is 1. The third-order valence-corrected chi connectivity index (χ3v) is 4.53. The van der Waals surface area contributed by atoms with Crippen LogP contribution in [0.15, 0.2) is 29.1 Å². The predicted octanol–water partition coefficient (Wildman–Crippen LogP) is 3.94. The fraction of sp³-hybridized carbons (Fsp3) is 0.474. The number of benzene rings is 1. The Morgan fingerprint density at radius 3 is 2.38 bits per heavy atom. The molecule has 0 aliphatic carbocycles. The molecule has 5 nitrogen and oxygen atoms in total. The molecule has 24 heavy (non-hydrogen) atoms. The minimum Gasteiger partial charge on any atom is -0.326 e. The van der Waals surface area contributed by atoms with E-state index in [-0.39, 0.29) is 17.4 Å². The third-order valence-electron chi connectivity index (χ3n) is 4.53. The summed E-state index contributed by atoms with van der Waals surface area (Å²) in [7, 11) is 0. The molecule has 0 fully saturated rings. The number of carbonyl (C=O) groups is 1. The monoisotopic (exact) mass is 329 g/mol. The molecule has 1 atom stereocenters. The van der Waals surface area contributed by atoms with Crippen molar-refractivity contribution in [3.63, 3.8) is 0 Å². The maximum Gasteiger partial charge on any atom is 0.274 e. The highest BCUT2D eigenvalue weighted by Gasteiger charge is 2.16. The van der Waals surface area contributed by atoms with Gasteiger partial charge in [0.1, 0.15) is 0 Å². The van der Waals surface area contributed by atoms with Crippen LogP contribution >= 0.6 is 0 Å². The molecule has 5 heteroatoms. The second-order valence-electron chi connectivity index (χ2n) is 6.29. The van der Waals surface area contributed by atoms with Crippen molar-refractivity contribution in [1.29, 1.82) is 0 Å². The molecule has 2 rings (SSSR count). The molecule has 0 aliphatic rings. The zero-order chi connectivity index (χ0) is 17.7. The fourth-order valence-corrected chi connectivity index (χ4v) is 2.72. The van der Waals surface area contributed by atoms with Gasteiger partial charge in [0.05, 0.1) is 5.69 Å². The van der Waals surface area contributed by atoms with Crippen molar-refractivity contribution in [2.45, 2.75) is 53.4 Å². The van der Waals surface area contributed by atoms with Crippen LogP contribution < -0.4 is 10.9 Å². The van der Waals surface area contributed by atoms with Crippen LogP contribution in [0.2, 0.25) is 0 Å². The molecule has 0 aliphatic heterocycles. The molecule has 1 amide bonds. The molecule has 130 valence electrons. The van der Waals surface area contributed by atoms with E-state index in [4.69, 9.17) is 0 Å². The molecule has 1 aromatic heterocycles. The maximum absolute atomic E-state index is 12.3. The van der Waals surface area contributed by atoms with Crippen LogP contribution in [0.5, 0.6) is 0 Å². The Kier molecular flexibility index (Phi) is 6.01. The zero-order valence-electron chi connectivity index (χ0n) is 15.0. The molecular weight excluding hydrogens is 302 g/mol. The summed E-state index contributed by atoms with van der Waals surface area (Å²) >= 11 is 0. The lowest BCUT2D eigenvalue weighted by atomic mass is 9.98. The van der Waals surface area contributed by atoms with Gasteiger partial charge in [0.2, 0.25) is 5.91 Å². The zero-order valence-corrected chi connectivity index (χ0v) is 15.0. The number of nitrogens with one attached hydrogen (secondary N) is 2. The fourth-order valence-electron chi connectivity index (χ4n) is 2.72. The lowest BCUT2D eigenvalue weighted by Gasteiger charge is -2.14. The predicted molar refractivity (Wildman–Crippen MR) is 97.8 cm³/mol. The van der Waals surface area contributed by atoms with Gasteiger partial charge in [0.25, 0.3) is 5.56 Å². The molecule has 1 heterocycles.